The zero-order valence-electron chi connectivity index (χ0n) is 9.20. The summed E-state index contributed by atoms with van der Waals surface area (Å²) in [6, 6.07) is 14.5. The number of alkyl halides is 1. The molecule has 0 N–H and O–H groups in total. The highest BCUT2D eigenvalue weighted by Crippen LogP contribution is 2.24. The van der Waals surface area contributed by atoms with E-state index in [1.165, 1.54) is 6.07 Å². The molecule has 2 aromatic rings. The van der Waals surface area contributed by atoms with E-state index in [1.807, 2.05) is 30.3 Å². The summed E-state index contributed by atoms with van der Waals surface area (Å²) in [6.07, 6.45) is 0. The predicted octanol–water partition coefficient (Wildman–Crippen LogP) is 4.14. The summed E-state index contributed by atoms with van der Waals surface area (Å²) in [5.74, 6) is 0.283. The molecule has 88 valence electrons. The monoisotopic (exact) mass is 250 g/mol. The number of hydrogen-bond acceptors (Lipinski definition) is 1. The average molecular weight is 251 g/mol. The van der Waals surface area contributed by atoms with E-state index in [9.17, 15) is 4.39 Å². The molecule has 0 fully saturated rings. The van der Waals surface area contributed by atoms with Crippen LogP contribution in [0, 0.1) is 5.82 Å². The Morgan fingerprint density at radius 1 is 1.00 bits per heavy atom. The summed E-state index contributed by atoms with van der Waals surface area (Å²) in [4.78, 5) is 0. The van der Waals surface area contributed by atoms with Crippen molar-refractivity contribution in [1.82, 2.24) is 0 Å². The number of halogens is 2. The second-order valence-electron chi connectivity index (χ2n) is 3.62. The first-order valence-corrected chi connectivity index (χ1v) is 5.85. The maximum atomic E-state index is 13.4. The van der Waals surface area contributed by atoms with Gasteiger partial charge < -0.3 is 4.74 Å². The van der Waals surface area contributed by atoms with Gasteiger partial charge in [0.1, 0.15) is 18.2 Å². The van der Waals surface area contributed by atoms with Gasteiger partial charge in [0.15, 0.2) is 0 Å². The third-order valence-corrected chi connectivity index (χ3v) is 2.71. The van der Waals surface area contributed by atoms with Crippen molar-refractivity contribution in [1.29, 1.82) is 0 Å². The lowest BCUT2D eigenvalue weighted by Gasteiger charge is -2.10. The molecule has 3 heteroatoms. The maximum absolute atomic E-state index is 13.4. The van der Waals surface area contributed by atoms with Gasteiger partial charge in [-0.25, -0.2) is 4.39 Å². The average Bonchev–Trinajstić information content (AvgIpc) is 2.37. The van der Waals surface area contributed by atoms with Crippen molar-refractivity contribution in [2.45, 2.75) is 12.5 Å². The number of hydrogen-bond donors (Lipinski definition) is 0. The van der Waals surface area contributed by atoms with E-state index in [4.69, 9.17) is 16.3 Å². The van der Waals surface area contributed by atoms with E-state index in [1.54, 1.807) is 12.1 Å². The molecule has 0 aliphatic carbocycles. The van der Waals surface area contributed by atoms with Crippen LogP contribution < -0.4 is 4.74 Å². The summed E-state index contributed by atoms with van der Waals surface area (Å²) in [6.45, 7) is 0.411. The normalized spacial score (nSPS) is 10.2. The molecule has 0 saturated carbocycles. The van der Waals surface area contributed by atoms with Gasteiger partial charge in [-0.15, -0.1) is 11.6 Å². The lowest BCUT2D eigenvalue weighted by Crippen LogP contribution is -1.99. The van der Waals surface area contributed by atoms with Gasteiger partial charge in [-0.1, -0.05) is 36.4 Å². The Balaban J connectivity index is 2.12. The van der Waals surface area contributed by atoms with Crippen LogP contribution in [0.15, 0.2) is 48.5 Å². The van der Waals surface area contributed by atoms with Gasteiger partial charge in [-0.3, -0.25) is 0 Å². The molecular formula is C14H12ClFO. The van der Waals surface area contributed by atoms with Gasteiger partial charge in [0.25, 0.3) is 0 Å². The highest BCUT2D eigenvalue weighted by molar-refractivity contribution is 6.17. The van der Waals surface area contributed by atoms with E-state index < -0.39 is 0 Å². The minimum absolute atomic E-state index is 0.108. The van der Waals surface area contributed by atoms with Crippen molar-refractivity contribution in [3.05, 3.63) is 65.5 Å². The fourth-order valence-electron chi connectivity index (χ4n) is 1.54. The van der Waals surface area contributed by atoms with Crippen molar-refractivity contribution >= 4 is 11.6 Å². The van der Waals surface area contributed by atoms with Crippen LogP contribution in [0.25, 0.3) is 0 Å². The van der Waals surface area contributed by atoms with Crippen LogP contribution in [0.4, 0.5) is 4.39 Å². The zero-order chi connectivity index (χ0) is 12.1. The van der Waals surface area contributed by atoms with Gasteiger partial charge in [-0.2, -0.15) is 0 Å². The van der Waals surface area contributed by atoms with Crippen molar-refractivity contribution in [2.75, 3.05) is 0 Å². The first-order chi connectivity index (χ1) is 8.31. The number of benzene rings is 2. The van der Waals surface area contributed by atoms with E-state index in [0.29, 0.717) is 17.9 Å². The molecule has 17 heavy (non-hydrogen) atoms. The molecule has 0 aliphatic heterocycles. The van der Waals surface area contributed by atoms with Crippen LogP contribution >= 0.6 is 11.6 Å². The molecule has 2 rings (SSSR count). The Morgan fingerprint density at radius 2 is 1.76 bits per heavy atom. The highest BCUT2D eigenvalue weighted by atomic mass is 35.5. The molecular weight excluding hydrogens is 239 g/mol. The van der Waals surface area contributed by atoms with Crippen molar-refractivity contribution in [3.8, 4) is 5.75 Å². The zero-order valence-corrected chi connectivity index (χ0v) is 9.95. The first-order valence-electron chi connectivity index (χ1n) is 5.31. The molecule has 2 aromatic carbocycles. The molecule has 0 saturated heterocycles. The molecule has 0 aromatic heterocycles. The Labute approximate surface area is 105 Å². The SMILES string of the molecule is Fc1cccc(OCc2ccccc2)c1CCl. The van der Waals surface area contributed by atoms with Crippen LogP contribution in [-0.2, 0) is 12.5 Å². The largest absolute Gasteiger partial charge is 0.488 e. The second kappa shape index (κ2) is 5.69. The van der Waals surface area contributed by atoms with Crippen LogP contribution in [0.1, 0.15) is 11.1 Å². The third-order valence-electron chi connectivity index (χ3n) is 2.45. The summed E-state index contributed by atoms with van der Waals surface area (Å²) < 4.78 is 19.0. The Bertz CT molecular complexity index is 485. The van der Waals surface area contributed by atoms with Gasteiger partial charge >= 0.3 is 0 Å². The highest BCUT2D eigenvalue weighted by Gasteiger charge is 2.08. The molecule has 0 heterocycles. The van der Waals surface area contributed by atoms with E-state index in [0.717, 1.165) is 5.56 Å². The lowest BCUT2D eigenvalue weighted by molar-refractivity contribution is 0.301. The maximum Gasteiger partial charge on any atom is 0.131 e. The standard InChI is InChI=1S/C14H12ClFO/c15-9-12-13(16)7-4-8-14(12)17-10-11-5-2-1-3-6-11/h1-8H,9-10H2. The second-order valence-corrected chi connectivity index (χ2v) is 3.89. The number of ether oxygens (including phenoxy) is 1. The van der Waals surface area contributed by atoms with Gasteiger partial charge in [-0.05, 0) is 17.7 Å². The van der Waals surface area contributed by atoms with Crippen LogP contribution in [0.5, 0.6) is 5.75 Å². The summed E-state index contributed by atoms with van der Waals surface area (Å²) in [5, 5.41) is 0. The quantitative estimate of drug-likeness (QED) is 0.741. The van der Waals surface area contributed by atoms with E-state index >= 15 is 0 Å². The molecule has 0 amide bonds. The first kappa shape index (κ1) is 11.9. The summed E-state index contributed by atoms with van der Waals surface area (Å²) in [5.41, 5.74) is 1.45. The Hall–Kier alpha value is -1.54. The van der Waals surface area contributed by atoms with Crippen molar-refractivity contribution in [3.63, 3.8) is 0 Å². The van der Waals surface area contributed by atoms with E-state index in [2.05, 4.69) is 0 Å². The molecule has 0 radical (unpaired) electrons. The topological polar surface area (TPSA) is 9.23 Å². The van der Waals surface area contributed by atoms with Crippen molar-refractivity contribution in [2.24, 2.45) is 0 Å². The van der Waals surface area contributed by atoms with Crippen molar-refractivity contribution < 1.29 is 9.13 Å². The van der Waals surface area contributed by atoms with Crippen LogP contribution in [-0.4, -0.2) is 0 Å². The van der Waals surface area contributed by atoms with Gasteiger partial charge in [0, 0.05) is 5.56 Å². The Kier molecular flexibility index (Phi) is 3.99. The third kappa shape index (κ3) is 2.98. The Morgan fingerprint density at radius 3 is 2.47 bits per heavy atom. The molecule has 0 spiro atoms. The van der Waals surface area contributed by atoms with Gasteiger partial charge in [0.2, 0.25) is 0 Å². The van der Waals surface area contributed by atoms with E-state index in [-0.39, 0.29) is 11.7 Å². The minimum Gasteiger partial charge on any atom is -0.488 e. The van der Waals surface area contributed by atoms with Crippen LogP contribution in [0.2, 0.25) is 0 Å². The molecule has 1 nitrogen and oxygen atoms in total. The predicted molar refractivity (Wildman–Crippen MR) is 66.7 cm³/mol. The molecule has 0 unspecified atom stereocenters. The lowest BCUT2D eigenvalue weighted by atomic mass is 10.2. The minimum atomic E-state index is -0.328. The van der Waals surface area contributed by atoms with Gasteiger partial charge in [0.05, 0.1) is 5.88 Å². The summed E-state index contributed by atoms with van der Waals surface area (Å²) >= 11 is 5.70. The fraction of sp³-hybridized carbons (Fsp3) is 0.143. The molecule has 0 aliphatic rings. The number of rotatable bonds is 4. The molecule has 0 bridgehead atoms. The fourth-order valence-corrected chi connectivity index (χ4v) is 1.80. The molecule has 0 atom stereocenters. The smallest absolute Gasteiger partial charge is 0.131 e. The summed E-state index contributed by atoms with van der Waals surface area (Å²) in [7, 11) is 0. The van der Waals surface area contributed by atoms with Crippen LogP contribution in [0.3, 0.4) is 0 Å².